The summed E-state index contributed by atoms with van der Waals surface area (Å²) in [6.45, 7) is 6.10. The van der Waals surface area contributed by atoms with Crippen molar-refractivity contribution in [2.45, 2.75) is 6.92 Å². The van der Waals surface area contributed by atoms with Gasteiger partial charge in [0.1, 0.15) is 5.01 Å². The van der Waals surface area contributed by atoms with E-state index in [-0.39, 0.29) is 12.4 Å². The van der Waals surface area contributed by atoms with Gasteiger partial charge in [-0.1, -0.05) is 41.7 Å². The molecule has 2 aromatic rings. The lowest BCUT2D eigenvalue weighted by Crippen LogP contribution is -2.22. The second-order valence-corrected chi connectivity index (χ2v) is 4.84. The number of hydrogen-bond acceptors (Lipinski definition) is 4. The van der Waals surface area contributed by atoms with E-state index in [4.69, 9.17) is 5.73 Å². The average molecular weight is 310 g/mol. The fourth-order valence-electron chi connectivity index (χ4n) is 1.51. The zero-order valence-corrected chi connectivity index (χ0v) is 12.7. The fourth-order valence-corrected chi connectivity index (χ4v) is 2.35. The molecule has 2 rings (SSSR count). The van der Waals surface area contributed by atoms with Crippen LogP contribution in [-0.4, -0.2) is 22.7 Å². The van der Waals surface area contributed by atoms with Crippen molar-refractivity contribution in [3.8, 4) is 10.6 Å². The summed E-state index contributed by atoms with van der Waals surface area (Å²) in [5.74, 6) is 0.312. The smallest absolute Gasteiger partial charge is 0.212 e. The Morgan fingerprint density at radius 2 is 2.20 bits per heavy atom. The van der Waals surface area contributed by atoms with Crippen molar-refractivity contribution in [2.75, 3.05) is 11.9 Å². The van der Waals surface area contributed by atoms with Gasteiger partial charge in [0, 0.05) is 5.56 Å². The van der Waals surface area contributed by atoms with E-state index in [0.29, 0.717) is 17.6 Å². The minimum absolute atomic E-state index is 0. The van der Waals surface area contributed by atoms with Crippen LogP contribution in [0.5, 0.6) is 0 Å². The Morgan fingerprint density at radius 3 is 2.90 bits per heavy atom. The van der Waals surface area contributed by atoms with E-state index in [1.165, 1.54) is 16.9 Å². The molecular formula is C13H16ClN5S. The first kappa shape index (κ1) is 16.1. The van der Waals surface area contributed by atoms with E-state index >= 15 is 0 Å². The zero-order chi connectivity index (χ0) is 13.7. The predicted molar refractivity (Wildman–Crippen MR) is 87.6 cm³/mol. The molecule has 0 amide bonds. The van der Waals surface area contributed by atoms with Gasteiger partial charge in [-0.25, -0.2) is 4.99 Å². The van der Waals surface area contributed by atoms with E-state index in [1.807, 2.05) is 31.2 Å². The first-order chi connectivity index (χ1) is 9.20. The van der Waals surface area contributed by atoms with Crippen molar-refractivity contribution in [3.63, 3.8) is 0 Å². The van der Waals surface area contributed by atoms with E-state index in [9.17, 15) is 0 Å². The summed E-state index contributed by atoms with van der Waals surface area (Å²) in [7, 11) is 0. The van der Waals surface area contributed by atoms with Crippen LogP contribution in [0, 0.1) is 6.92 Å². The summed E-state index contributed by atoms with van der Waals surface area (Å²) in [5, 5.41) is 12.6. The largest absolute Gasteiger partial charge is 0.370 e. The first-order valence-corrected chi connectivity index (χ1v) is 6.59. The maximum Gasteiger partial charge on any atom is 0.212 e. The lowest BCUT2D eigenvalue weighted by Gasteiger charge is -2.00. The number of nitrogens with one attached hydrogen (secondary N) is 1. The molecule has 0 aliphatic rings. The van der Waals surface area contributed by atoms with Crippen LogP contribution in [0.4, 0.5) is 5.13 Å². The normalized spacial score (nSPS) is 10.8. The van der Waals surface area contributed by atoms with Gasteiger partial charge in [0.25, 0.3) is 0 Å². The molecule has 0 saturated heterocycles. The van der Waals surface area contributed by atoms with Gasteiger partial charge in [-0.2, -0.15) is 0 Å². The molecule has 0 atom stereocenters. The van der Waals surface area contributed by atoms with Gasteiger partial charge >= 0.3 is 0 Å². The molecule has 0 aliphatic carbocycles. The fraction of sp³-hybridized carbons (Fsp3) is 0.154. The molecule has 7 heteroatoms. The SMILES string of the molecule is C=CCN=C(N)Nc1nnc(-c2ccccc2C)s1.Cl. The third-order valence-corrected chi connectivity index (χ3v) is 3.30. The number of hydrogen-bond donors (Lipinski definition) is 2. The monoisotopic (exact) mass is 309 g/mol. The van der Waals surface area contributed by atoms with Crippen LogP contribution in [0.25, 0.3) is 10.6 Å². The van der Waals surface area contributed by atoms with Crippen molar-refractivity contribution in [1.82, 2.24) is 10.2 Å². The van der Waals surface area contributed by atoms with Crippen LogP contribution in [-0.2, 0) is 0 Å². The summed E-state index contributed by atoms with van der Waals surface area (Å²) >= 11 is 1.44. The minimum atomic E-state index is 0. The number of benzene rings is 1. The standard InChI is InChI=1S/C13H15N5S.ClH/c1-3-8-15-12(14)16-13-18-17-11(19-13)10-7-5-4-6-9(10)2;/h3-7H,1,8H2,2H3,(H3,14,15,16,18);1H. The van der Waals surface area contributed by atoms with Crippen molar-refractivity contribution in [1.29, 1.82) is 0 Å². The van der Waals surface area contributed by atoms with Gasteiger partial charge in [-0.15, -0.1) is 29.2 Å². The summed E-state index contributed by atoms with van der Waals surface area (Å²) in [6.07, 6.45) is 1.67. The van der Waals surface area contributed by atoms with Gasteiger partial charge in [0.2, 0.25) is 5.13 Å². The van der Waals surface area contributed by atoms with Crippen molar-refractivity contribution < 1.29 is 0 Å². The highest BCUT2D eigenvalue weighted by molar-refractivity contribution is 7.18. The summed E-state index contributed by atoms with van der Waals surface area (Å²) < 4.78 is 0. The Labute approximate surface area is 128 Å². The molecule has 0 bridgehead atoms. The molecule has 0 radical (unpaired) electrons. The number of aliphatic imine (C=N–C) groups is 1. The number of guanidine groups is 1. The lowest BCUT2D eigenvalue weighted by atomic mass is 10.1. The second-order valence-electron chi connectivity index (χ2n) is 3.87. The van der Waals surface area contributed by atoms with Crippen LogP contribution in [0.15, 0.2) is 41.9 Å². The van der Waals surface area contributed by atoms with Crippen molar-refractivity contribution in [2.24, 2.45) is 10.7 Å². The summed E-state index contributed by atoms with van der Waals surface area (Å²) in [5.41, 5.74) is 7.94. The molecule has 106 valence electrons. The summed E-state index contributed by atoms with van der Waals surface area (Å²) in [4.78, 5) is 4.04. The van der Waals surface area contributed by atoms with Gasteiger partial charge in [0.15, 0.2) is 5.96 Å². The Hall–Kier alpha value is -1.92. The maximum absolute atomic E-state index is 5.70. The molecule has 0 saturated carbocycles. The Balaban J connectivity index is 0.00000200. The number of rotatable bonds is 4. The van der Waals surface area contributed by atoms with Crippen LogP contribution in [0.2, 0.25) is 0 Å². The highest BCUT2D eigenvalue weighted by Gasteiger charge is 2.08. The minimum Gasteiger partial charge on any atom is -0.370 e. The number of anilines is 1. The number of nitrogens with zero attached hydrogens (tertiary/aromatic N) is 3. The van der Waals surface area contributed by atoms with Crippen LogP contribution in [0.1, 0.15) is 5.56 Å². The van der Waals surface area contributed by atoms with E-state index in [0.717, 1.165) is 10.6 Å². The number of aromatic nitrogens is 2. The molecule has 0 fully saturated rings. The van der Waals surface area contributed by atoms with Gasteiger partial charge in [-0.3, -0.25) is 0 Å². The molecule has 1 heterocycles. The number of halogens is 1. The molecule has 1 aromatic heterocycles. The second kappa shape index (κ2) is 7.62. The van der Waals surface area contributed by atoms with E-state index < -0.39 is 0 Å². The third-order valence-electron chi connectivity index (χ3n) is 2.43. The zero-order valence-electron chi connectivity index (χ0n) is 11.0. The Bertz CT molecular complexity index is 608. The number of aryl methyl sites for hydroxylation is 1. The van der Waals surface area contributed by atoms with E-state index in [2.05, 4.69) is 27.1 Å². The highest BCUT2D eigenvalue weighted by atomic mass is 35.5. The summed E-state index contributed by atoms with van der Waals surface area (Å²) in [6, 6.07) is 8.05. The molecular weight excluding hydrogens is 294 g/mol. The third kappa shape index (κ3) is 4.04. The molecule has 1 aromatic carbocycles. The van der Waals surface area contributed by atoms with Crippen molar-refractivity contribution in [3.05, 3.63) is 42.5 Å². The molecule has 20 heavy (non-hydrogen) atoms. The van der Waals surface area contributed by atoms with Crippen LogP contribution >= 0.6 is 23.7 Å². The molecule has 0 spiro atoms. The average Bonchev–Trinajstić information content (AvgIpc) is 2.85. The maximum atomic E-state index is 5.70. The van der Waals surface area contributed by atoms with Gasteiger partial charge in [0.05, 0.1) is 6.54 Å². The van der Waals surface area contributed by atoms with Crippen molar-refractivity contribution >= 4 is 34.8 Å². The van der Waals surface area contributed by atoms with Gasteiger partial charge < -0.3 is 11.1 Å². The van der Waals surface area contributed by atoms with Crippen LogP contribution in [0.3, 0.4) is 0 Å². The van der Waals surface area contributed by atoms with Crippen LogP contribution < -0.4 is 11.1 Å². The Kier molecular flexibility index (Phi) is 6.14. The molecule has 0 unspecified atom stereocenters. The molecule has 0 aliphatic heterocycles. The first-order valence-electron chi connectivity index (χ1n) is 5.78. The predicted octanol–water partition coefficient (Wildman–Crippen LogP) is 2.85. The number of nitrogens with two attached hydrogens (primary N) is 1. The van der Waals surface area contributed by atoms with Gasteiger partial charge in [-0.05, 0) is 12.5 Å². The highest BCUT2D eigenvalue weighted by Crippen LogP contribution is 2.28. The van der Waals surface area contributed by atoms with E-state index in [1.54, 1.807) is 6.08 Å². The lowest BCUT2D eigenvalue weighted by molar-refractivity contribution is 1.09. The molecule has 5 nitrogen and oxygen atoms in total. The molecule has 3 N–H and O–H groups in total. The Morgan fingerprint density at radius 1 is 1.45 bits per heavy atom. The topological polar surface area (TPSA) is 76.2 Å². The quantitative estimate of drug-likeness (QED) is 0.517.